The number of para-hydroxylation sites is 1. The lowest BCUT2D eigenvalue weighted by Gasteiger charge is -2.15. The molecular formula is C21H22N4O5S. The fraction of sp³-hybridized carbons (Fsp3) is 0.238. The Balaban J connectivity index is 1.86. The third-order valence-electron chi connectivity index (χ3n) is 5.16. The molecular weight excluding hydrogens is 420 g/mol. The molecule has 0 saturated heterocycles. The van der Waals surface area contributed by atoms with Gasteiger partial charge in [-0.3, -0.25) is 13.9 Å². The first-order chi connectivity index (χ1) is 14.7. The average Bonchev–Trinajstić information content (AvgIpc) is 2.97. The van der Waals surface area contributed by atoms with Crippen LogP contribution in [0, 0.1) is 0 Å². The van der Waals surface area contributed by atoms with E-state index in [1.54, 1.807) is 44.4 Å². The standard InChI is InChI=1S/C21H22N4O5S/c1-4-11-22-18-14-7-5-6-8-17(14)30-20(26)19(18)23-31(28,29)13-9-10-15-16(12-13)25(3)21(27)24(15)2/h5-10,12,22-23H,4,11H2,1-3H3. The van der Waals surface area contributed by atoms with Crippen molar-refractivity contribution in [2.75, 3.05) is 16.6 Å². The molecule has 31 heavy (non-hydrogen) atoms. The summed E-state index contributed by atoms with van der Waals surface area (Å²) in [4.78, 5) is 24.7. The van der Waals surface area contributed by atoms with E-state index in [1.165, 1.54) is 21.3 Å². The fourth-order valence-corrected chi connectivity index (χ4v) is 4.61. The summed E-state index contributed by atoms with van der Waals surface area (Å²) in [5.41, 5.74) is 0.537. The highest BCUT2D eigenvalue weighted by molar-refractivity contribution is 7.92. The summed E-state index contributed by atoms with van der Waals surface area (Å²) in [6, 6.07) is 11.3. The van der Waals surface area contributed by atoms with Gasteiger partial charge in [-0.2, -0.15) is 0 Å². The normalized spacial score (nSPS) is 11.8. The number of nitrogens with zero attached hydrogens (tertiary/aromatic N) is 2. The molecule has 9 nitrogen and oxygen atoms in total. The maximum absolute atomic E-state index is 13.1. The van der Waals surface area contributed by atoms with Gasteiger partial charge in [0.15, 0.2) is 5.69 Å². The Morgan fingerprint density at radius 2 is 1.68 bits per heavy atom. The molecule has 2 heterocycles. The second-order valence-electron chi connectivity index (χ2n) is 7.22. The van der Waals surface area contributed by atoms with Crippen LogP contribution in [0.25, 0.3) is 22.0 Å². The van der Waals surface area contributed by atoms with Crippen LogP contribution in [0.15, 0.2) is 61.4 Å². The van der Waals surface area contributed by atoms with Crippen molar-refractivity contribution >= 4 is 43.4 Å². The Hall–Kier alpha value is -3.53. The topological polar surface area (TPSA) is 115 Å². The molecule has 0 atom stereocenters. The molecule has 2 aromatic heterocycles. The number of aryl methyl sites for hydroxylation is 2. The van der Waals surface area contributed by atoms with E-state index in [1.807, 2.05) is 6.92 Å². The second-order valence-corrected chi connectivity index (χ2v) is 8.90. The Labute approximate surface area is 178 Å². The van der Waals surface area contributed by atoms with E-state index in [4.69, 9.17) is 4.42 Å². The molecule has 2 aromatic carbocycles. The zero-order chi connectivity index (χ0) is 22.3. The van der Waals surface area contributed by atoms with Crippen molar-refractivity contribution in [1.82, 2.24) is 9.13 Å². The first-order valence-electron chi connectivity index (χ1n) is 9.72. The summed E-state index contributed by atoms with van der Waals surface area (Å²) in [5.74, 6) is 0. The maximum atomic E-state index is 13.1. The summed E-state index contributed by atoms with van der Waals surface area (Å²) in [5, 5.41) is 3.73. The minimum Gasteiger partial charge on any atom is -0.421 e. The van der Waals surface area contributed by atoms with Gasteiger partial charge in [0.1, 0.15) is 5.58 Å². The van der Waals surface area contributed by atoms with Crippen LogP contribution in [0.1, 0.15) is 13.3 Å². The van der Waals surface area contributed by atoms with E-state index in [-0.39, 0.29) is 16.3 Å². The smallest absolute Gasteiger partial charge is 0.363 e. The van der Waals surface area contributed by atoms with E-state index < -0.39 is 15.6 Å². The van der Waals surface area contributed by atoms with Crippen LogP contribution in [0.2, 0.25) is 0 Å². The summed E-state index contributed by atoms with van der Waals surface area (Å²) in [6.45, 7) is 2.50. The fourth-order valence-electron chi connectivity index (χ4n) is 3.52. The van der Waals surface area contributed by atoms with Gasteiger partial charge in [-0.05, 0) is 36.8 Å². The molecule has 0 amide bonds. The minimum atomic E-state index is -4.14. The molecule has 2 N–H and O–H groups in total. The molecule has 0 fully saturated rings. The number of aromatic nitrogens is 2. The summed E-state index contributed by atoms with van der Waals surface area (Å²) >= 11 is 0. The lowest BCUT2D eigenvalue weighted by molar-refractivity contribution is 0.563. The predicted octanol–water partition coefficient (Wildman–Crippen LogP) is 2.61. The highest BCUT2D eigenvalue weighted by Crippen LogP contribution is 2.30. The molecule has 4 rings (SSSR count). The largest absolute Gasteiger partial charge is 0.421 e. The van der Waals surface area contributed by atoms with Crippen molar-refractivity contribution in [3.8, 4) is 0 Å². The number of hydrogen-bond donors (Lipinski definition) is 2. The van der Waals surface area contributed by atoms with E-state index in [9.17, 15) is 18.0 Å². The van der Waals surface area contributed by atoms with Gasteiger partial charge in [0.05, 0.1) is 21.6 Å². The highest BCUT2D eigenvalue weighted by atomic mass is 32.2. The number of rotatable bonds is 6. The van der Waals surface area contributed by atoms with Gasteiger partial charge in [-0.25, -0.2) is 18.0 Å². The molecule has 0 saturated carbocycles. The minimum absolute atomic E-state index is 0.0739. The molecule has 0 aliphatic carbocycles. The van der Waals surface area contributed by atoms with Crippen LogP contribution < -0.4 is 21.4 Å². The van der Waals surface area contributed by atoms with Crippen LogP contribution in [-0.2, 0) is 24.1 Å². The van der Waals surface area contributed by atoms with Crippen molar-refractivity contribution in [2.24, 2.45) is 14.1 Å². The zero-order valence-corrected chi connectivity index (χ0v) is 18.1. The van der Waals surface area contributed by atoms with Gasteiger partial charge in [-0.15, -0.1) is 0 Å². The lowest BCUT2D eigenvalue weighted by atomic mass is 10.2. The number of nitrogens with one attached hydrogen (secondary N) is 2. The van der Waals surface area contributed by atoms with Crippen molar-refractivity contribution in [1.29, 1.82) is 0 Å². The van der Waals surface area contributed by atoms with Gasteiger partial charge in [0.2, 0.25) is 0 Å². The molecule has 0 unspecified atom stereocenters. The number of fused-ring (bicyclic) bond motifs is 2. The summed E-state index contributed by atoms with van der Waals surface area (Å²) in [6.07, 6.45) is 0.777. The number of imidazole rings is 1. The molecule has 0 bridgehead atoms. The average molecular weight is 442 g/mol. The summed E-state index contributed by atoms with van der Waals surface area (Å²) < 4.78 is 36.8. The Morgan fingerprint density at radius 3 is 2.42 bits per heavy atom. The van der Waals surface area contributed by atoms with Crippen molar-refractivity contribution in [3.63, 3.8) is 0 Å². The van der Waals surface area contributed by atoms with E-state index in [0.29, 0.717) is 34.2 Å². The van der Waals surface area contributed by atoms with Crippen molar-refractivity contribution < 1.29 is 12.8 Å². The Morgan fingerprint density at radius 1 is 0.968 bits per heavy atom. The first-order valence-corrected chi connectivity index (χ1v) is 11.2. The monoisotopic (exact) mass is 442 g/mol. The lowest BCUT2D eigenvalue weighted by Crippen LogP contribution is -2.21. The zero-order valence-electron chi connectivity index (χ0n) is 17.3. The van der Waals surface area contributed by atoms with E-state index in [2.05, 4.69) is 10.0 Å². The third kappa shape index (κ3) is 3.48. The number of hydrogen-bond acceptors (Lipinski definition) is 6. The second kappa shape index (κ2) is 7.62. The molecule has 0 radical (unpaired) electrons. The van der Waals surface area contributed by atoms with E-state index in [0.717, 1.165) is 6.42 Å². The molecule has 0 aliphatic heterocycles. The van der Waals surface area contributed by atoms with Crippen LogP contribution in [0.3, 0.4) is 0 Å². The maximum Gasteiger partial charge on any atom is 0.363 e. The van der Waals surface area contributed by atoms with Gasteiger partial charge < -0.3 is 9.73 Å². The summed E-state index contributed by atoms with van der Waals surface area (Å²) in [7, 11) is -0.956. The number of benzene rings is 2. The first kappa shape index (κ1) is 20.7. The molecule has 0 spiro atoms. The third-order valence-corrected chi connectivity index (χ3v) is 6.50. The Kier molecular flexibility index (Phi) is 5.10. The predicted molar refractivity (Wildman–Crippen MR) is 120 cm³/mol. The highest BCUT2D eigenvalue weighted by Gasteiger charge is 2.23. The number of anilines is 2. The van der Waals surface area contributed by atoms with Gasteiger partial charge >= 0.3 is 11.3 Å². The molecule has 162 valence electrons. The van der Waals surface area contributed by atoms with Crippen molar-refractivity contribution in [2.45, 2.75) is 18.2 Å². The molecule has 0 aliphatic rings. The van der Waals surface area contributed by atoms with Gasteiger partial charge in [0, 0.05) is 26.0 Å². The van der Waals surface area contributed by atoms with Gasteiger partial charge in [-0.1, -0.05) is 19.1 Å². The van der Waals surface area contributed by atoms with Crippen LogP contribution in [-0.4, -0.2) is 24.1 Å². The SMILES string of the molecule is CCCNc1c(NS(=O)(=O)c2ccc3c(c2)n(C)c(=O)n3C)c(=O)oc2ccccc12. The van der Waals surface area contributed by atoms with Gasteiger partial charge in [0.25, 0.3) is 10.0 Å². The van der Waals surface area contributed by atoms with Crippen LogP contribution in [0.5, 0.6) is 0 Å². The quantitative estimate of drug-likeness (QED) is 0.444. The van der Waals surface area contributed by atoms with E-state index >= 15 is 0 Å². The molecule has 10 heteroatoms. The molecule has 4 aromatic rings. The van der Waals surface area contributed by atoms with Crippen molar-refractivity contribution in [3.05, 3.63) is 63.4 Å². The number of sulfonamides is 1. The van der Waals surface area contributed by atoms with Crippen LogP contribution in [0.4, 0.5) is 11.4 Å². The van der Waals surface area contributed by atoms with Crippen LogP contribution >= 0.6 is 0 Å². The Bertz CT molecular complexity index is 1530.